The van der Waals surface area contributed by atoms with Gasteiger partial charge in [0.2, 0.25) is 5.91 Å². The van der Waals surface area contributed by atoms with Gasteiger partial charge in [0.1, 0.15) is 5.82 Å². The number of nitrogens with one attached hydrogen (secondary N) is 2. The van der Waals surface area contributed by atoms with Crippen molar-refractivity contribution in [3.63, 3.8) is 0 Å². The molecule has 2 N–H and O–H groups in total. The number of amides is 1. The molecule has 1 amide bonds. The lowest BCUT2D eigenvalue weighted by Crippen LogP contribution is -2.34. The first-order chi connectivity index (χ1) is 12.3. The van der Waals surface area contributed by atoms with E-state index in [2.05, 4.69) is 20.5 Å². The normalized spacial score (nSPS) is 23.0. The Balaban J connectivity index is 1.34. The number of rotatable bonds is 4. The molecule has 0 bridgehead atoms. The van der Waals surface area contributed by atoms with Crippen LogP contribution in [0.5, 0.6) is 0 Å². The fourth-order valence-electron chi connectivity index (χ4n) is 3.90. The zero-order valence-corrected chi connectivity index (χ0v) is 14.3. The summed E-state index contributed by atoms with van der Waals surface area (Å²) in [6.07, 6.45) is 6.52. The quantitative estimate of drug-likeness (QED) is 0.895. The molecule has 2 aliphatic heterocycles. The Hall–Kier alpha value is -2.40. The number of hydrogen-bond acceptors (Lipinski definition) is 4. The summed E-state index contributed by atoms with van der Waals surface area (Å²) >= 11 is 0. The number of nitrogens with zero attached hydrogens (tertiary/aromatic N) is 2. The number of para-hydroxylation sites is 1. The second-order valence-corrected chi connectivity index (χ2v) is 6.99. The Bertz CT molecular complexity index is 702. The highest BCUT2D eigenvalue weighted by Crippen LogP contribution is 2.31. The van der Waals surface area contributed by atoms with E-state index in [-0.39, 0.29) is 11.8 Å². The van der Waals surface area contributed by atoms with Crippen molar-refractivity contribution in [3.8, 4) is 0 Å². The fraction of sp³-hybridized carbons (Fsp3) is 0.400. The number of carbonyl (C=O) groups is 1. The standard InChI is InChI=1S/C20H24N4O/c25-20(15-12-18-8-4-5-11-24(18)14-15)23-17-9-10-19(21-13-17)22-16-6-2-1-3-7-16/h1-3,6-7,9-10,13,15,18H,4-5,8,11-12,14H2,(H,21,22)(H,23,25)/t15-,18-/m1/s1. The van der Waals surface area contributed by atoms with Gasteiger partial charge in [-0.2, -0.15) is 0 Å². The number of fused-ring (bicyclic) bond motifs is 1. The zero-order chi connectivity index (χ0) is 17.1. The van der Waals surface area contributed by atoms with Gasteiger partial charge < -0.3 is 10.6 Å². The van der Waals surface area contributed by atoms with Crippen LogP contribution >= 0.6 is 0 Å². The molecule has 3 heterocycles. The predicted molar refractivity (Wildman–Crippen MR) is 99.9 cm³/mol. The summed E-state index contributed by atoms with van der Waals surface area (Å²) in [5.41, 5.74) is 1.75. The summed E-state index contributed by atoms with van der Waals surface area (Å²) in [5, 5.41) is 6.27. The van der Waals surface area contributed by atoms with Gasteiger partial charge >= 0.3 is 0 Å². The first-order valence-electron chi connectivity index (χ1n) is 9.11. The third kappa shape index (κ3) is 3.82. The Morgan fingerprint density at radius 2 is 1.96 bits per heavy atom. The first kappa shape index (κ1) is 16.1. The Kier molecular flexibility index (Phi) is 4.65. The van der Waals surface area contributed by atoms with Gasteiger partial charge in [-0.15, -0.1) is 0 Å². The second kappa shape index (κ2) is 7.23. The molecule has 1 aromatic carbocycles. The highest BCUT2D eigenvalue weighted by molar-refractivity contribution is 5.92. The molecule has 1 aromatic heterocycles. The molecule has 2 atom stereocenters. The molecule has 2 aromatic rings. The molecule has 0 aliphatic carbocycles. The lowest BCUT2D eigenvalue weighted by molar-refractivity contribution is -0.119. The molecule has 5 heteroatoms. The molecule has 2 aliphatic rings. The third-order valence-corrected chi connectivity index (χ3v) is 5.21. The molecular weight excluding hydrogens is 312 g/mol. The predicted octanol–water partition coefficient (Wildman–Crippen LogP) is 3.64. The maximum Gasteiger partial charge on any atom is 0.228 e. The van der Waals surface area contributed by atoms with Crippen molar-refractivity contribution in [2.24, 2.45) is 5.92 Å². The maximum atomic E-state index is 12.6. The van der Waals surface area contributed by atoms with E-state index in [9.17, 15) is 4.79 Å². The molecular formula is C20H24N4O. The summed E-state index contributed by atoms with van der Waals surface area (Å²) < 4.78 is 0. The first-order valence-corrected chi connectivity index (χ1v) is 9.11. The number of hydrogen-bond donors (Lipinski definition) is 2. The van der Waals surface area contributed by atoms with Crippen molar-refractivity contribution in [2.45, 2.75) is 31.7 Å². The van der Waals surface area contributed by atoms with Crippen molar-refractivity contribution < 1.29 is 4.79 Å². The molecule has 2 fully saturated rings. The van der Waals surface area contributed by atoms with Crippen LogP contribution in [-0.2, 0) is 4.79 Å². The van der Waals surface area contributed by atoms with Gasteiger partial charge in [0.15, 0.2) is 0 Å². The van der Waals surface area contributed by atoms with Crippen LogP contribution in [0, 0.1) is 5.92 Å². The van der Waals surface area contributed by atoms with Crippen LogP contribution in [-0.4, -0.2) is 34.9 Å². The molecule has 0 unspecified atom stereocenters. The van der Waals surface area contributed by atoms with E-state index >= 15 is 0 Å². The average Bonchev–Trinajstić information content (AvgIpc) is 3.09. The number of pyridine rings is 1. The third-order valence-electron chi connectivity index (χ3n) is 5.21. The number of piperidine rings is 1. The SMILES string of the molecule is O=C(Nc1ccc(Nc2ccccc2)nc1)[C@@H]1C[C@H]2CCCCN2C1. The summed E-state index contributed by atoms with van der Waals surface area (Å²) in [6.45, 7) is 2.05. The van der Waals surface area contributed by atoms with Gasteiger partial charge in [0.05, 0.1) is 17.8 Å². The monoisotopic (exact) mass is 336 g/mol. The summed E-state index contributed by atoms with van der Waals surface area (Å²) in [4.78, 5) is 19.4. The van der Waals surface area contributed by atoms with Gasteiger partial charge in [-0.3, -0.25) is 9.69 Å². The number of benzene rings is 1. The van der Waals surface area contributed by atoms with E-state index in [4.69, 9.17) is 0 Å². The largest absolute Gasteiger partial charge is 0.340 e. The number of anilines is 3. The molecule has 0 spiro atoms. The molecule has 5 nitrogen and oxygen atoms in total. The van der Waals surface area contributed by atoms with Gasteiger partial charge in [-0.1, -0.05) is 24.6 Å². The van der Waals surface area contributed by atoms with E-state index < -0.39 is 0 Å². The molecule has 0 radical (unpaired) electrons. The summed E-state index contributed by atoms with van der Waals surface area (Å²) in [6, 6.07) is 14.3. The summed E-state index contributed by atoms with van der Waals surface area (Å²) in [5.74, 6) is 0.993. The Morgan fingerprint density at radius 1 is 1.08 bits per heavy atom. The number of carbonyl (C=O) groups excluding carboxylic acids is 1. The molecule has 4 rings (SSSR count). The van der Waals surface area contributed by atoms with Crippen LogP contribution in [0.15, 0.2) is 48.7 Å². The zero-order valence-electron chi connectivity index (χ0n) is 14.3. The number of aromatic nitrogens is 1. The van der Waals surface area contributed by atoms with E-state index in [0.29, 0.717) is 6.04 Å². The smallest absolute Gasteiger partial charge is 0.228 e. The second-order valence-electron chi connectivity index (χ2n) is 6.99. The highest BCUT2D eigenvalue weighted by Gasteiger charge is 2.36. The van der Waals surface area contributed by atoms with Crippen molar-refractivity contribution in [1.82, 2.24) is 9.88 Å². The van der Waals surface area contributed by atoms with Crippen LogP contribution in [0.1, 0.15) is 25.7 Å². The van der Waals surface area contributed by atoms with Crippen molar-refractivity contribution in [2.75, 3.05) is 23.7 Å². The van der Waals surface area contributed by atoms with Crippen LogP contribution in [0.3, 0.4) is 0 Å². The van der Waals surface area contributed by atoms with Gasteiger partial charge in [0.25, 0.3) is 0 Å². The molecule has 25 heavy (non-hydrogen) atoms. The van der Waals surface area contributed by atoms with Crippen molar-refractivity contribution in [1.29, 1.82) is 0 Å². The van der Waals surface area contributed by atoms with Gasteiger partial charge in [0, 0.05) is 18.3 Å². The lowest BCUT2D eigenvalue weighted by Gasteiger charge is -2.28. The van der Waals surface area contributed by atoms with E-state index in [1.54, 1.807) is 6.20 Å². The summed E-state index contributed by atoms with van der Waals surface area (Å²) in [7, 11) is 0. The Labute approximate surface area is 148 Å². The topological polar surface area (TPSA) is 57.3 Å². The van der Waals surface area contributed by atoms with Gasteiger partial charge in [-0.25, -0.2) is 4.98 Å². The minimum Gasteiger partial charge on any atom is -0.340 e. The average molecular weight is 336 g/mol. The van der Waals surface area contributed by atoms with Crippen LogP contribution in [0.2, 0.25) is 0 Å². The minimum atomic E-state index is 0.102. The molecule has 130 valence electrons. The van der Waals surface area contributed by atoms with E-state index in [1.165, 1.54) is 19.3 Å². The fourth-order valence-corrected chi connectivity index (χ4v) is 3.90. The maximum absolute atomic E-state index is 12.6. The Morgan fingerprint density at radius 3 is 2.72 bits per heavy atom. The molecule has 0 saturated carbocycles. The van der Waals surface area contributed by atoms with Crippen LogP contribution in [0.4, 0.5) is 17.2 Å². The van der Waals surface area contributed by atoms with Crippen molar-refractivity contribution in [3.05, 3.63) is 48.7 Å². The lowest BCUT2D eigenvalue weighted by atomic mass is 9.99. The highest BCUT2D eigenvalue weighted by atomic mass is 16.1. The van der Waals surface area contributed by atoms with Crippen LogP contribution < -0.4 is 10.6 Å². The van der Waals surface area contributed by atoms with Crippen LogP contribution in [0.25, 0.3) is 0 Å². The van der Waals surface area contributed by atoms with Gasteiger partial charge in [-0.05, 0) is 50.1 Å². The minimum absolute atomic E-state index is 0.102. The molecule has 2 saturated heterocycles. The van der Waals surface area contributed by atoms with E-state index in [1.807, 2.05) is 42.5 Å². The van der Waals surface area contributed by atoms with E-state index in [0.717, 1.165) is 36.7 Å². The van der Waals surface area contributed by atoms with Crippen molar-refractivity contribution >= 4 is 23.1 Å².